The third kappa shape index (κ3) is 3.45. The highest BCUT2D eigenvalue weighted by Crippen LogP contribution is 2.27. The van der Waals surface area contributed by atoms with Crippen LogP contribution in [-0.2, 0) is 10.0 Å². The summed E-state index contributed by atoms with van der Waals surface area (Å²) in [7, 11) is -1.87. The molecule has 21 heavy (non-hydrogen) atoms. The Hall–Kier alpha value is -1.38. The van der Waals surface area contributed by atoms with Gasteiger partial charge in [-0.25, -0.2) is 8.42 Å². The maximum absolute atomic E-state index is 12.8. The van der Waals surface area contributed by atoms with E-state index in [4.69, 9.17) is 5.26 Å². The number of sulfonamides is 1. The van der Waals surface area contributed by atoms with Crippen molar-refractivity contribution in [2.45, 2.75) is 56.4 Å². The minimum absolute atomic E-state index is 0.0719. The van der Waals surface area contributed by atoms with Crippen molar-refractivity contribution in [2.24, 2.45) is 0 Å². The summed E-state index contributed by atoms with van der Waals surface area (Å²) in [4.78, 5) is 0.258. The average molecular weight is 306 g/mol. The molecule has 1 fully saturated rings. The van der Waals surface area contributed by atoms with Gasteiger partial charge in [-0.2, -0.15) is 9.57 Å². The second kappa shape index (κ2) is 6.59. The number of nitrogens with zero attached hydrogens (tertiary/aromatic N) is 2. The summed E-state index contributed by atoms with van der Waals surface area (Å²) < 4.78 is 27.2. The minimum Gasteiger partial charge on any atom is -0.207 e. The first-order valence-electron chi connectivity index (χ1n) is 7.45. The van der Waals surface area contributed by atoms with Crippen molar-refractivity contribution in [1.82, 2.24) is 4.31 Å². The van der Waals surface area contributed by atoms with Gasteiger partial charge < -0.3 is 0 Å². The van der Waals surface area contributed by atoms with Gasteiger partial charge in [0.25, 0.3) is 0 Å². The Morgan fingerprint density at radius 2 is 1.81 bits per heavy atom. The predicted octanol–water partition coefficient (Wildman–Crippen LogP) is 3.21. The number of hydrogen-bond donors (Lipinski definition) is 0. The molecule has 2 rings (SSSR count). The zero-order valence-corrected chi connectivity index (χ0v) is 13.5. The standard InChI is InChI=1S/C16H22N2O2S/c1-13-9-10-14(12-17)11-16(13)21(19,20)18(2)15-7-5-3-4-6-8-15/h9-11,15H,3-8H2,1-2H3. The molecule has 0 atom stereocenters. The number of rotatable bonds is 3. The van der Waals surface area contributed by atoms with Crippen LogP contribution in [0.15, 0.2) is 23.1 Å². The molecule has 1 aromatic carbocycles. The van der Waals surface area contributed by atoms with Crippen LogP contribution in [0.3, 0.4) is 0 Å². The van der Waals surface area contributed by atoms with Gasteiger partial charge in [0, 0.05) is 13.1 Å². The third-order valence-electron chi connectivity index (χ3n) is 4.31. The number of aryl methyl sites for hydroxylation is 1. The summed E-state index contributed by atoms with van der Waals surface area (Å²) in [6.07, 6.45) is 6.39. The van der Waals surface area contributed by atoms with Crippen molar-refractivity contribution < 1.29 is 8.42 Å². The van der Waals surface area contributed by atoms with E-state index in [0.29, 0.717) is 11.1 Å². The molecule has 1 aromatic rings. The smallest absolute Gasteiger partial charge is 0.207 e. The van der Waals surface area contributed by atoms with Crippen molar-refractivity contribution in [2.75, 3.05) is 7.05 Å². The molecule has 1 aliphatic rings. The Morgan fingerprint density at radius 3 is 2.38 bits per heavy atom. The molecular formula is C16H22N2O2S. The Labute approximate surface area is 127 Å². The van der Waals surface area contributed by atoms with E-state index >= 15 is 0 Å². The van der Waals surface area contributed by atoms with E-state index in [1.807, 2.05) is 6.07 Å². The first-order valence-corrected chi connectivity index (χ1v) is 8.89. The van der Waals surface area contributed by atoms with E-state index in [1.165, 1.54) is 23.2 Å². The van der Waals surface area contributed by atoms with Crippen LogP contribution in [0.4, 0.5) is 0 Å². The maximum Gasteiger partial charge on any atom is 0.243 e. The van der Waals surface area contributed by atoms with Crippen molar-refractivity contribution >= 4 is 10.0 Å². The Bertz CT molecular complexity index is 639. The molecule has 114 valence electrons. The molecule has 0 radical (unpaired) electrons. The topological polar surface area (TPSA) is 61.2 Å². The van der Waals surface area contributed by atoms with Crippen molar-refractivity contribution in [3.05, 3.63) is 29.3 Å². The van der Waals surface area contributed by atoms with E-state index in [2.05, 4.69) is 0 Å². The fourth-order valence-electron chi connectivity index (χ4n) is 2.92. The lowest BCUT2D eigenvalue weighted by Gasteiger charge is -2.27. The van der Waals surface area contributed by atoms with E-state index in [1.54, 1.807) is 26.1 Å². The first-order chi connectivity index (χ1) is 9.96. The first kappa shape index (κ1) is 16.0. The van der Waals surface area contributed by atoms with Crippen molar-refractivity contribution in [3.63, 3.8) is 0 Å². The second-order valence-electron chi connectivity index (χ2n) is 5.76. The fraction of sp³-hybridized carbons (Fsp3) is 0.562. The molecule has 0 bridgehead atoms. The van der Waals surface area contributed by atoms with Gasteiger partial charge in [-0.3, -0.25) is 0 Å². The van der Waals surface area contributed by atoms with Crippen LogP contribution < -0.4 is 0 Å². The van der Waals surface area contributed by atoms with Crippen LogP contribution in [0, 0.1) is 18.3 Å². The van der Waals surface area contributed by atoms with Gasteiger partial charge in [-0.1, -0.05) is 31.7 Å². The van der Waals surface area contributed by atoms with Gasteiger partial charge in [-0.05, 0) is 37.5 Å². The third-order valence-corrected chi connectivity index (χ3v) is 6.37. The van der Waals surface area contributed by atoms with Gasteiger partial charge in [0.2, 0.25) is 10.0 Å². The quantitative estimate of drug-likeness (QED) is 0.806. The summed E-state index contributed by atoms with van der Waals surface area (Å²) >= 11 is 0. The summed E-state index contributed by atoms with van der Waals surface area (Å²) in [6.45, 7) is 1.77. The Morgan fingerprint density at radius 1 is 1.19 bits per heavy atom. The van der Waals surface area contributed by atoms with Gasteiger partial charge in [0.1, 0.15) is 0 Å². The van der Waals surface area contributed by atoms with E-state index in [0.717, 1.165) is 25.7 Å². The molecule has 0 saturated heterocycles. The van der Waals surface area contributed by atoms with Crippen LogP contribution in [0.5, 0.6) is 0 Å². The van der Waals surface area contributed by atoms with Gasteiger partial charge in [0.15, 0.2) is 0 Å². The van der Waals surface area contributed by atoms with Gasteiger partial charge >= 0.3 is 0 Å². The predicted molar refractivity (Wildman–Crippen MR) is 82.3 cm³/mol. The van der Waals surface area contributed by atoms with Gasteiger partial charge in [0.05, 0.1) is 16.5 Å². The average Bonchev–Trinajstić information content (AvgIpc) is 2.75. The Kier molecular flexibility index (Phi) is 5.02. The molecule has 0 heterocycles. The molecular weight excluding hydrogens is 284 g/mol. The zero-order valence-electron chi connectivity index (χ0n) is 12.7. The lowest BCUT2D eigenvalue weighted by Crippen LogP contribution is -2.37. The minimum atomic E-state index is -3.54. The molecule has 0 aromatic heterocycles. The number of benzene rings is 1. The van der Waals surface area contributed by atoms with Crippen LogP contribution in [0.1, 0.15) is 49.7 Å². The molecule has 0 unspecified atom stereocenters. The Balaban J connectivity index is 2.34. The molecule has 4 nitrogen and oxygen atoms in total. The molecule has 5 heteroatoms. The summed E-state index contributed by atoms with van der Waals surface area (Å²) in [5, 5.41) is 8.98. The molecule has 0 spiro atoms. The summed E-state index contributed by atoms with van der Waals surface area (Å²) in [6, 6.07) is 6.92. The monoisotopic (exact) mass is 306 g/mol. The highest BCUT2D eigenvalue weighted by molar-refractivity contribution is 7.89. The SMILES string of the molecule is Cc1ccc(C#N)cc1S(=O)(=O)N(C)C1CCCCCC1. The summed E-state index contributed by atoms with van der Waals surface area (Å²) in [5.74, 6) is 0. The van der Waals surface area contributed by atoms with Crippen LogP contribution in [-0.4, -0.2) is 25.8 Å². The largest absolute Gasteiger partial charge is 0.243 e. The van der Waals surface area contributed by atoms with Gasteiger partial charge in [-0.15, -0.1) is 0 Å². The van der Waals surface area contributed by atoms with E-state index < -0.39 is 10.0 Å². The number of hydrogen-bond acceptors (Lipinski definition) is 3. The van der Waals surface area contributed by atoms with Crippen molar-refractivity contribution in [1.29, 1.82) is 5.26 Å². The highest BCUT2D eigenvalue weighted by atomic mass is 32.2. The molecule has 1 saturated carbocycles. The molecule has 1 aliphatic carbocycles. The highest BCUT2D eigenvalue weighted by Gasteiger charge is 2.29. The normalized spacial score (nSPS) is 17.4. The molecule has 0 amide bonds. The zero-order chi connectivity index (χ0) is 15.5. The van der Waals surface area contributed by atoms with Crippen LogP contribution >= 0.6 is 0 Å². The van der Waals surface area contributed by atoms with Crippen molar-refractivity contribution in [3.8, 4) is 6.07 Å². The molecule has 0 aliphatic heterocycles. The van der Waals surface area contributed by atoms with Crippen LogP contribution in [0.2, 0.25) is 0 Å². The fourth-order valence-corrected chi connectivity index (χ4v) is 4.58. The lowest BCUT2D eigenvalue weighted by atomic mass is 10.1. The number of nitriles is 1. The maximum atomic E-state index is 12.8. The second-order valence-corrected chi connectivity index (χ2v) is 7.72. The lowest BCUT2D eigenvalue weighted by molar-refractivity contribution is 0.335. The molecule has 0 N–H and O–H groups in total. The summed E-state index contributed by atoms with van der Waals surface area (Å²) in [5.41, 5.74) is 1.07. The van der Waals surface area contributed by atoms with E-state index in [9.17, 15) is 8.42 Å². The van der Waals surface area contributed by atoms with Crippen LogP contribution in [0.25, 0.3) is 0 Å². The van der Waals surface area contributed by atoms with E-state index in [-0.39, 0.29) is 10.9 Å².